The van der Waals surface area contributed by atoms with Gasteiger partial charge in [0, 0.05) is 28.8 Å². The number of aliphatic hydroxyl groups is 2. The normalized spacial score (nSPS) is 24.3. The minimum atomic E-state index is -0.163. The predicted molar refractivity (Wildman–Crippen MR) is 73.7 cm³/mol. The molecule has 1 heterocycles. The van der Waals surface area contributed by atoms with Crippen molar-refractivity contribution in [2.75, 3.05) is 24.6 Å². The maximum atomic E-state index is 9.43. The first-order chi connectivity index (χ1) is 8.63. The van der Waals surface area contributed by atoms with Crippen LogP contribution in [0.4, 0.5) is 5.69 Å². The van der Waals surface area contributed by atoms with Gasteiger partial charge < -0.3 is 19.8 Å². The molecule has 2 atom stereocenters. The lowest BCUT2D eigenvalue weighted by Crippen LogP contribution is -2.48. The highest BCUT2D eigenvalue weighted by Crippen LogP contribution is 2.27. The Bertz CT molecular complexity index is 413. The zero-order valence-corrected chi connectivity index (χ0v) is 11.9. The number of halogens is 1. The summed E-state index contributed by atoms with van der Waals surface area (Å²) in [5.74, 6) is 0. The third-order valence-electron chi connectivity index (χ3n) is 3.08. The lowest BCUT2D eigenvalue weighted by atomic mass is 10.1. The monoisotopic (exact) mass is 315 g/mol. The van der Waals surface area contributed by atoms with Gasteiger partial charge in [0.05, 0.1) is 25.4 Å². The number of anilines is 1. The van der Waals surface area contributed by atoms with E-state index in [4.69, 9.17) is 4.74 Å². The number of benzene rings is 1. The molecule has 1 aliphatic heterocycles. The molecule has 5 heteroatoms. The van der Waals surface area contributed by atoms with E-state index >= 15 is 0 Å². The Morgan fingerprint density at radius 3 is 2.83 bits per heavy atom. The van der Waals surface area contributed by atoms with E-state index in [1.165, 1.54) is 0 Å². The van der Waals surface area contributed by atoms with Gasteiger partial charge in [-0.05, 0) is 25.1 Å². The highest BCUT2D eigenvalue weighted by atomic mass is 79.9. The molecule has 0 bridgehead atoms. The van der Waals surface area contributed by atoms with Gasteiger partial charge in [-0.3, -0.25) is 0 Å². The SMILES string of the molecule is CC1CN(c2ccc(Br)cc2CO)CC(CO)O1. The number of aliphatic hydroxyl groups excluding tert-OH is 2. The van der Waals surface area contributed by atoms with Gasteiger partial charge in [-0.2, -0.15) is 0 Å². The van der Waals surface area contributed by atoms with Crippen molar-refractivity contribution in [2.45, 2.75) is 25.7 Å². The van der Waals surface area contributed by atoms with Crippen LogP contribution in [-0.4, -0.2) is 42.1 Å². The average Bonchev–Trinajstić information content (AvgIpc) is 2.37. The number of nitrogens with zero attached hydrogens (tertiary/aromatic N) is 1. The molecule has 1 aromatic carbocycles. The zero-order chi connectivity index (χ0) is 13.1. The third-order valence-corrected chi connectivity index (χ3v) is 3.58. The first-order valence-electron chi connectivity index (χ1n) is 6.04. The molecule has 0 amide bonds. The first kappa shape index (κ1) is 13.8. The summed E-state index contributed by atoms with van der Waals surface area (Å²) < 4.78 is 6.57. The summed E-state index contributed by atoms with van der Waals surface area (Å²) >= 11 is 3.40. The van der Waals surface area contributed by atoms with Gasteiger partial charge in [0.1, 0.15) is 0 Å². The number of hydrogen-bond acceptors (Lipinski definition) is 4. The molecule has 0 saturated carbocycles. The first-order valence-corrected chi connectivity index (χ1v) is 6.84. The predicted octanol–water partition coefficient (Wildman–Crippen LogP) is 1.53. The van der Waals surface area contributed by atoms with Crippen LogP contribution in [0.15, 0.2) is 22.7 Å². The zero-order valence-electron chi connectivity index (χ0n) is 10.3. The molecule has 0 aromatic heterocycles. The van der Waals surface area contributed by atoms with E-state index in [1.807, 2.05) is 25.1 Å². The number of ether oxygens (including phenoxy) is 1. The molecule has 0 spiro atoms. The maximum Gasteiger partial charge on any atom is 0.0984 e. The van der Waals surface area contributed by atoms with E-state index in [-0.39, 0.29) is 25.4 Å². The van der Waals surface area contributed by atoms with Crippen molar-refractivity contribution in [3.63, 3.8) is 0 Å². The summed E-state index contributed by atoms with van der Waals surface area (Å²) in [7, 11) is 0. The summed E-state index contributed by atoms with van der Waals surface area (Å²) in [5, 5.41) is 18.7. The summed E-state index contributed by atoms with van der Waals surface area (Å²) in [4.78, 5) is 2.16. The van der Waals surface area contributed by atoms with Gasteiger partial charge in [0.2, 0.25) is 0 Å². The lowest BCUT2D eigenvalue weighted by molar-refractivity contribution is -0.0421. The Balaban J connectivity index is 2.24. The number of rotatable bonds is 3. The van der Waals surface area contributed by atoms with Crippen LogP contribution in [0.5, 0.6) is 0 Å². The van der Waals surface area contributed by atoms with Crippen molar-refractivity contribution in [3.05, 3.63) is 28.2 Å². The Hall–Kier alpha value is -0.620. The van der Waals surface area contributed by atoms with E-state index < -0.39 is 0 Å². The number of morpholine rings is 1. The molecular weight excluding hydrogens is 298 g/mol. The summed E-state index contributed by atoms with van der Waals surface area (Å²) in [5.41, 5.74) is 1.89. The standard InChI is InChI=1S/C13H18BrNO3/c1-9-5-15(6-12(8-17)18-9)13-3-2-11(14)4-10(13)7-16/h2-4,9,12,16-17H,5-8H2,1H3. The van der Waals surface area contributed by atoms with Gasteiger partial charge in [-0.1, -0.05) is 15.9 Å². The fourth-order valence-corrected chi connectivity index (χ4v) is 2.74. The molecule has 4 nitrogen and oxygen atoms in total. The second-order valence-electron chi connectivity index (χ2n) is 4.59. The largest absolute Gasteiger partial charge is 0.394 e. The summed E-state index contributed by atoms with van der Waals surface area (Å²) in [6, 6.07) is 5.87. The van der Waals surface area contributed by atoms with Crippen molar-refractivity contribution in [3.8, 4) is 0 Å². The lowest BCUT2D eigenvalue weighted by Gasteiger charge is -2.38. The second-order valence-corrected chi connectivity index (χ2v) is 5.50. The van der Waals surface area contributed by atoms with Gasteiger partial charge in [-0.15, -0.1) is 0 Å². The van der Waals surface area contributed by atoms with Crippen molar-refractivity contribution in [2.24, 2.45) is 0 Å². The second kappa shape index (κ2) is 6.02. The topological polar surface area (TPSA) is 52.9 Å². The van der Waals surface area contributed by atoms with Crippen molar-refractivity contribution < 1.29 is 14.9 Å². The Kier molecular flexibility index (Phi) is 4.61. The summed E-state index contributed by atoms with van der Waals surface area (Å²) in [6.07, 6.45) is -0.0879. The van der Waals surface area contributed by atoms with E-state index in [9.17, 15) is 10.2 Å². The minimum Gasteiger partial charge on any atom is -0.394 e. The van der Waals surface area contributed by atoms with Crippen LogP contribution in [0.1, 0.15) is 12.5 Å². The fraction of sp³-hybridized carbons (Fsp3) is 0.538. The van der Waals surface area contributed by atoms with Crippen LogP contribution in [0.2, 0.25) is 0 Å². The smallest absolute Gasteiger partial charge is 0.0984 e. The molecule has 0 radical (unpaired) electrons. The van der Waals surface area contributed by atoms with Crippen LogP contribution in [-0.2, 0) is 11.3 Å². The third kappa shape index (κ3) is 3.03. The molecule has 18 heavy (non-hydrogen) atoms. The van der Waals surface area contributed by atoms with Crippen molar-refractivity contribution in [1.82, 2.24) is 0 Å². The van der Waals surface area contributed by atoms with Crippen LogP contribution in [0, 0.1) is 0 Å². The molecule has 1 saturated heterocycles. The summed E-state index contributed by atoms with van der Waals surface area (Å²) in [6.45, 7) is 3.43. The highest BCUT2D eigenvalue weighted by molar-refractivity contribution is 9.10. The average molecular weight is 316 g/mol. The Morgan fingerprint density at radius 1 is 1.39 bits per heavy atom. The minimum absolute atomic E-state index is 0.00427. The maximum absolute atomic E-state index is 9.43. The van der Waals surface area contributed by atoms with Gasteiger partial charge in [0.25, 0.3) is 0 Å². The van der Waals surface area contributed by atoms with E-state index in [1.54, 1.807) is 0 Å². The van der Waals surface area contributed by atoms with Crippen molar-refractivity contribution >= 4 is 21.6 Å². The Morgan fingerprint density at radius 2 is 2.17 bits per heavy atom. The fourth-order valence-electron chi connectivity index (χ4n) is 2.33. The van der Waals surface area contributed by atoms with Gasteiger partial charge >= 0.3 is 0 Å². The van der Waals surface area contributed by atoms with Crippen LogP contribution < -0.4 is 4.90 Å². The number of hydrogen-bond donors (Lipinski definition) is 2. The molecule has 0 aliphatic carbocycles. The van der Waals surface area contributed by atoms with Crippen LogP contribution in [0.3, 0.4) is 0 Å². The highest BCUT2D eigenvalue weighted by Gasteiger charge is 2.26. The van der Waals surface area contributed by atoms with Crippen LogP contribution >= 0.6 is 15.9 Å². The van der Waals surface area contributed by atoms with E-state index in [0.717, 1.165) is 22.3 Å². The molecule has 1 aliphatic rings. The molecule has 2 N–H and O–H groups in total. The van der Waals surface area contributed by atoms with Crippen molar-refractivity contribution in [1.29, 1.82) is 0 Å². The molecule has 100 valence electrons. The molecule has 1 aromatic rings. The molecule has 1 fully saturated rings. The quantitative estimate of drug-likeness (QED) is 0.888. The van der Waals surface area contributed by atoms with E-state index in [2.05, 4.69) is 20.8 Å². The van der Waals surface area contributed by atoms with Gasteiger partial charge in [-0.25, -0.2) is 0 Å². The van der Waals surface area contributed by atoms with E-state index in [0.29, 0.717) is 6.54 Å². The van der Waals surface area contributed by atoms with Gasteiger partial charge in [0.15, 0.2) is 0 Å². The molecule has 2 rings (SSSR count). The molecule has 2 unspecified atom stereocenters. The Labute approximate surface area is 115 Å². The van der Waals surface area contributed by atoms with Crippen LogP contribution in [0.25, 0.3) is 0 Å². The molecular formula is C13H18BrNO3.